The lowest BCUT2D eigenvalue weighted by Gasteiger charge is -2.24. The van der Waals surface area contributed by atoms with Gasteiger partial charge in [-0.3, -0.25) is 5.41 Å². The quantitative estimate of drug-likeness (QED) is 0.271. The third kappa shape index (κ3) is 4.84. The van der Waals surface area contributed by atoms with E-state index >= 15 is 0 Å². The van der Waals surface area contributed by atoms with Crippen LogP contribution in [0.25, 0.3) is 5.70 Å². The number of hydrogen-bond acceptors (Lipinski definition) is 8. The van der Waals surface area contributed by atoms with E-state index in [1.165, 1.54) is 18.2 Å². The molecule has 170 valence electrons. The first kappa shape index (κ1) is 23.5. The zero-order valence-corrected chi connectivity index (χ0v) is 18.9. The SMILES string of the molecule is CCN/C1=C(\C(N)Cl)C/C(=N/NC)C(=N)c2ccc(F)cc2C(C)Oc2cc1cnc2N. The first-order valence-corrected chi connectivity index (χ1v) is 10.6. The smallest absolute Gasteiger partial charge is 0.166 e. The summed E-state index contributed by atoms with van der Waals surface area (Å²) in [6.45, 7) is 4.30. The molecule has 1 aliphatic rings. The highest BCUT2D eigenvalue weighted by Crippen LogP contribution is 2.33. The van der Waals surface area contributed by atoms with Crippen LogP contribution in [0.2, 0.25) is 0 Å². The molecule has 0 aliphatic carbocycles. The minimum absolute atomic E-state index is 0.103. The number of nitrogens with one attached hydrogen (secondary N) is 3. The maximum atomic E-state index is 14.1. The molecule has 7 N–H and O–H groups in total. The first-order valence-electron chi connectivity index (χ1n) is 10.2. The fourth-order valence-electron chi connectivity index (χ4n) is 3.59. The number of aromatic nitrogens is 1. The van der Waals surface area contributed by atoms with Crippen molar-refractivity contribution in [3.8, 4) is 5.75 Å². The number of ether oxygens (including phenoxy) is 1. The van der Waals surface area contributed by atoms with Crippen LogP contribution in [0.15, 0.2) is 41.1 Å². The van der Waals surface area contributed by atoms with Gasteiger partial charge in [0.15, 0.2) is 11.6 Å². The molecule has 0 amide bonds. The van der Waals surface area contributed by atoms with Gasteiger partial charge in [0, 0.05) is 48.6 Å². The van der Waals surface area contributed by atoms with Crippen molar-refractivity contribution in [1.29, 1.82) is 5.41 Å². The molecule has 2 heterocycles. The minimum atomic E-state index is -0.865. The molecule has 2 unspecified atom stereocenters. The lowest BCUT2D eigenvalue weighted by molar-refractivity contribution is 0.227. The summed E-state index contributed by atoms with van der Waals surface area (Å²) in [6, 6.07) is 5.93. The molecule has 0 saturated heterocycles. The van der Waals surface area contributed by atoms with Crippen LogP contribution in [0, 0.1) is 11.2 Å². The van der Waals surface area contributed by atoms with Crippen molar-refractivity contribution >= 4 is 34.5 Å². The van der Waals surface area contributed by atoms with E-state index in [0.29, 0.717) is 46.0 Å². The molecule has 2 aromatic rings. The number of fused-ring (bicyclic) bond motifs is 3. The van der Waals surface area contributed by atoms with E-state index in [-0.39, 0.29) is 18.0 Å². The summed E-state index contributed by atoms with van der Waals surface area (Å²) >= 11 is 6.39. The van der Waals surface area contributed by atoms with Crippen LogP contribution in [0.4, 0.5) is 10.2 Å². The Kier molecular flexibility index (Phi) is 7.32. The summed E-state index contributed by atoms with van der Waals surface area (Å²) < 4.78 is 20.2. The highest BCUT2D eigenvalue weighted by atomic mass is 35.5. The molecule has 10 heteroatoms. The van der Waals surface area contributed by atoms with Crippen LogP contribution in [0.5, 0.6) is 5.75 Å². The topological polar surface area (TPSA) is 134 Å². The van der Waals surface area contributed by atoms with Gasteiger partial charge in [0.25, 0.3) is 0 Å². The van der Waals surface area contributed by atoms with Crippen molar-refractivity contribution in [1.82, 2.24) is 15.7 Å². The van der Waals surface area contributed by atoms with Gasteiger partial charge < -0.3 is 26.9 Å². The normalized spacial score (nSPS) is 21.1. The molecule has 32 heavy (non-hydrogen) atoms. The number of nitrogens with two attached hydrogens (primary N) is 2. The maximum Gasteiger partial charge on any atom is 0.166 e. The Bertz CT molecular complexity index is 1080. The number of halogens is 2. The molecule has 0 radical (unpaired) electrons. The molecule has 0 saturated carbocycles. The average Bonchev–Trinajstić information content (AvgIpc) is 2.75. The second-order valence-electron chi connectivity index (χ2n) is 7.27. The molecule has 8 nitrogen and oxygen atoms in total. The Morgan fingerprint density at radius 3 is 2.81 bits per heavy atom. The molecular formula is C22H27ClFN7O. The largest absolute Gasteiger partial charge is 0.482 e. The summed E-state index contributed by atoms with van der Waals surface area (Å²) in [5, 5.41) is 16.5. The van der Waals surface area contributed by atoms with Crippen LogP contribution in [0.3, 0.4) is 0 Å². The third-order valence-electron chi connectivity index (χ3n) is 5.10. The van der Waals surface area contributed by atoms with Gasteiger partial charge in [0.2, 0.25) is 0 Å². The summed E-state index contributed by atoms with van der Waals surface area (Å²) in [5.74, 6) is 0.0823. The second-order valence-corrected chi connectivity index (χ2v) is 7.74. The van der Waals surface area contributed by atoms with Gasteiger partial charge in [-0.05, 0) is 43.7 Å². The number of nitrogen functional groups attached to an aromatic ring is 1. The van der Waals surface area contributed by atoms with Gasteiger partial charge >= 0.3 is 0 Å². The number of alkyl halides is 1. The van der Waals surface area contributed by atoms with E-state index in [1.807, 2.05) is 6.92 Å². The number of nitrogens with zero attached hydrogens (tertiary/aromatic N) is 2. The zero-order chi connectivity index (χ0) is 23.4. The number of anilines is 1. The fraction of sp³-hybridized carbons (Fsp3) is 0.318. The predicted molar refractivity (Wildman–Crippen MR) is 126 cm³/mol. The Labute approximate surface area is 191 Å². The molecule has 2 atom stereocenters. The minimum Gasteiger partial charge on any atom is -0.482 e. The molecule has 2 bridgehead atoms. The number of pyridine rings is 1. The van der Waals surface area contributed by atoms with Gasteiger partial charge in [0.05, 0.1) is 11.4 Å². The van der Waals surface area contributed by atoms with Crippen molar-refractivity contribution in [2.75, 3.05) is 19.3 Å². The molecule has 1 aromatic carbocycles. The van der Waals surface area contributed by atoms with E-state index in [4.69, 9.17) is 33.2 Å². The fourth-order valence-corrected chi connectivity index (χ4v) is 3.78. The maximum absolute atomic E-state index is 14.1. The number of benzene rings is 1. The van der Waals surface area contributed by atoms with E-state index in [0.717, 1.165) is 0 Å². The summed E-state index contributed by atoms with van der Waals surface area (Å²) in [6.07, 6.45) is 1.17. The lowest BCUT2D eigenvalue weighted by atomic mass is 9.92. The Balaban J connectivity index is 2.34. The molecule has 1 aliphatic heterocycles. The van der Waals surface area contributed by atoms with E-state index in [2.05, 4.69) is 20.8 Å². The number of rotatable bonds is 4. The van der Waals surface area contributed by atoms with Crippen molar-refractivity contribution in [3.63, 3.8) is 0 Å². The summed E-state index contributed by atoms with van der Waals surface area (Å²) in [7, 11) is 1.64. The highest BCUT2D eigenvalue weighted by Gasteiger charge is 2.25. The first-order chi connectivity index (χ1) is 15.3. The van der Waals surface area contributed by atoms with Crippen LogP contribution >= 0.6 is 11.6 Å². The van der Waals surface area contributed by atoms with Gasteiger partial charge in [-0.2, -0.15) is 5.10 Å². The van der Waals surface area contributed by atoms with Crippen LogP contribution < -0.4 is 26.9 Å². The number of hydrazone groups is 1. The van der Waals surface area contributed by atoms with Gasteiger partial charge in [-0.1, -0.05) is 0 Å². The van der Waals surface area contributed by atoms with Gasteiger partial charge in [-0.15, -0.1) is 11.6 Å². The monoisotopic (exact) mass is 459 g/mol. The van der Waals surface area contributed by atoms with E-state index in [9.17, 15) is 4.39 Å². The lowest BCUT2D eigenvalue weighted by Crippen LogP contribution is -2.28. The van der Waals surface area contributed by atoms with Crippen molar-refractivity contribution in [2.24, 2.45) is 10.8 Å². The molecule has 0 fully saturated rings. The Hall–Kier alpha value is -3.17. The standard InChI is InChI=1S/C22H27ClFN7O/c1-4-29-20-12-7-18(22(27)30-10-12)32-11(2)15-8-13(24)5-6-14(15)19(25)17(31-28-3)9-16(20)21(23)26/h5-8,10-11,21,25,28-29H,4,9,26H2,1-3H3,(H2,27,30)/b20-16-,25-19?,31-17-. The molecule has 1 aromatic heterocycles. The Morgan fingerprint density at radius 1 is 1.41 bits per heavy atom. The molecule has 0 spiro atoms. The van der Waals surface area contributed by atoms with Gasteiger partial charge in [-0.25, -0.2) is 9.37 Å². The Morgan fingerprint density at radius 2 is 2.16 bits per heavy atom. The summed E-state index contributed by atoms with van der Waals surface area (Å²) in [5.41, 5.74) is 17.5. The average molecular weight is 460 g/mol. The highest BCUT2D eigenvalue weighted by molar-refractivity contribution is 6.48. The van der Waals surface area contributed by atoms with Crippen LogP contribution in [-0.2, 0) is 0 Å². The van der Waals surface area contributed by atoms with E-state index < -0.39 is 17.4 Å². The van der Waals surface area contributed by atoms with Crippen molar-refractivity contribution in [3.05, 3.63) is 58.5 Å². The molecular weight excluding hydrogens is 433 g/mol. The second kappa shape index (κ2) is 9.97. The zero-order valence-electron chi connectivity index (χ0n) is 18.2. The van der Waals surface area contributed by atoms with Crippen molar-refractivity contribution in [2.45, 2.75) is 31.9 Å². The van der Waals surface area contributed by atoms with Crippen LogP contribution in [0.1, 0.15) is 43.1 Å². The number of hydrogen-bond donors (Lipinski definition) is 5. The molecule has 3 rings (SSSR count). The van der Waals surface area contributed by atoms with Crippen LogP contribution in [-0.4, -0.2) is 35.5 Å². The predicted octanol–water partition coefficient (Wildman–Crippen LogP) is 3.13. The summed E-state index contributed by atoms with van der Waals surface area (Å²) in [4.78, 5) is 4.27. The van der Waals surface area contributed by atoms with Gasteiger partial charge in [0.1, 0.15) is 17.4 Å². The van der Waals surface area contributed by atoms with E-state index in [1.54, 1.807) is 26.2 Å². The third-order valence-corrected chi connectivity index (χ3v) is 5.36. The van der Waals surface area contributed by atoms with Crippen molar-refractivity contribution < 1.29 is 9.13 Å².